The molecule has 1 fully saturated rings. The van der Waals surface area contributed by atoms with E-state index >= 15 is 0 Å². The van der Waals surface area contributed by atoms with Gasteiger partial charge in [-0.2, -0.15) is 5.10 Å². The summed E-state index contributed by atoms with van der Waals surface area (Å²) in [6.07, 6.45) is 1.81. The number of aryl methyl sites for hydroxylation is 1. The molecule has 1 aliphatic rings. The van der Waals surface area contributed by atoms with E-state index < -0.39 is 24.3 Å². The second-order valence-corrected chi connectivity index (χ2v) is 7.26. The van der Waals surface area contributed by atoms with Gasteiger partial charge in [-0.25, -0.2) is 9.48 Å². The Hall–Kier alpha value is -2.12. The van der Waals surface area contributed by atoms with E-state index in [9.17, 15) is 4.79 Å². The van der Waals surface area contributed by atoms with Crippen molar-refractivity contribution in [3.05, 3.63) is 41.7 Å². The van der Waals surface area contributed by atoms with Gasteiger partial charge in [0, 0.05) is 6.20 Å². The zero-order valence-corrected chi connectivity index (χ0v) is 15.5. The predicted octanol–water partition coefficient (Wildman–Crippen LogP) is 2.27. The van der Waals surface area contributed by atoms with Gasteiger partial charge in [0.25, 0.3) is 0 Å². The standard InChI is InChI=1S/C18H23BN2O4/c1-12-9-10-21(20-12)15-8-7-13(11-14(15)16(22)23-6)19-24-17(2,3)18(4,5)25-19/h7-11H,1-6H3. The summed E-state index contributed by atoms with van der Waals surface area (Å²) in [6.45, 7) is 9.88. The Morgan fingerprint density at radius 2 is 1.80 bits per heavy atom. The first-order valence-electron chi connectivity index (χ1n) is 8.25. The van der Waals surface area contributed by atoms with Crippen LogP contribution in [0.3, 0.4) is 0 Å². The van der Waals surface area contributed by atoms with Crippen LogP contribution < -0.4 is 5.46 Å². The van der Waals surface area contributed by atoms with Gasteiger partial charge in [0.05, 0.1) is 35.3 Å². The number of methoxy groups -OCH3 is 1. The molecule has 0 aliphatic carbocycles. The minimum Gasteiger partial charge on any atom is -0.465 e. The average Bonchev–Trinajstić information content (AvgIpc) is 3.07. The SMILES string of the molecule is COC(=O)c1cc(B2OC(C)(C)C(C)(C)O2)ccc1-n1ccc(C)n1. The van der Waals surface area contributed by atoms with Crippen LogP contribution in [0.5, 0.6) is 0 Å². The number of nitrogens with zero attached hydrogens (tertiary/aromatic N) is 2. The fourth-order valence-corrected chi connectivity index (χ4v) is 2.70. The molecule has 0 unspecified atom stereocenters. The zero-order chi connectivity index (χ0) is 18.4. The Balaban J connectivity index is 2.02. The maximum Gasteiger partial charge on any atom is 0.494 e. The van der Waals surface area contributed by atoms with Crippen LogP contribution in [-0.2, 0) is 14.0 Å². The number of esters is 1. The Morgan fingerprint density at radius 3 is 2.32 bits per heavy atom. The van der Waals surface area contributed by atoms with Crippen LogP contribution in [0.4, 0.5) is 0 Å². The van der Waals surface area contributed by atoms with Crippen LogP contribution in [0.1, 0.15) is 43.7 Å². The summed E-state index contributed by atoms with van der Waals surface area (Å²) in [7, 11) is 0.823. The van der Waals surface area contributed by atoms with Crippen LogP contribution in [0.2, 0.25) is 0 Å². The number of carbonyl (C=O) groups is 1. The van der Waals surface area contributed by atoms with Crippen molar-refractivity contribution < 1.29 is 18.8 Å². The number of hydrogen-bond donors (Lipinski definition) is 0. The highest BCUT2D eigenvalue weighted by molar-refractivity contribution is 6.62. The minimum absolute atomic E-state index is 0.415. The first-order chi connectivity index (χ1) is 11.6. The molecule has 0 N–H and O–H groups in total. The van der Waals surface area contributed by atoms with E-state index in [0.717, 1.165) is 11.2 Å². The van der Waals surface area contributed by atoms with Gasteiger partial charge in [-0.3, -0.25) is 0 Å². The number of aromatic nitrogens is 2. The number of ether oxygens (including phenoxy) is 1. The van der Waals surface area contributed by atoms with Crippen molar-refractivity contribution in [2.45, 2.75) is 45.8 Å². The zero-order valence-electron chi connectivity index (χ0n) is 15.5. The molecule has 2 aromatic rings. The number of benzene rings is 1. The van der Waals surface area contributed by atoms with Crippen molar-refractivity contribution in [1.29, 1.82) is 0 Å². The summed E-state index contributed by atoms with van der Waals surface area (Å²) in [6, 6.07) is 7.35. The van der Waals surface area contributed by atoms with Crippen molar-refractivity contribution in [3.63, 3.8) is 0 Å². The summed E-state index contributed by atoms with van der Waals surface area (Å²) in [4.78, 5) is 12.3. The van der Waals surface area contributed by atoms with Crippen molar-refractivity contribution in [1.82, 2.24) is 9.78 Å². The fraction of sp³-hybridized carbons (Fsp3) is 0.444. The highest BCUT2D eigenvalue weighted by atomic mass is 16.7. The van der Waals surface area contributed by atoms with Gasteiger partial charge in [-0.1, -0.05) is 6.07 Å². The van der Waals surface area contributed by atoms with Crippen LogP contribution >= 0.6 is 0 Å². The van der Waals surface area contributed by atoms with Gasteiger partial charge in [-0.15, -0.1) is 0 Å². The maximum atomic E-state index is 12.3. The van der Waals surface area contributed by atoms with Crippen molar-refractivity contribution in [2.75, 3.05) is 7.11 Å². The third-order valence-corrected chi connectivity index (χ3v) is 4.92. The lowest BCUT2D eigenvalue weighted by Crippen LogP contribution is -2.41. The number of hydrogen-bond acceptors (Lipinski definition) is 5. The Bertz CT molecular complexity index is 797. The van der Waals surface area contributed by atoms with E-state index in [4.69, 9.17) is 14.0 Å². The highest BCUT2D eigenvalue weighted by Crippen LogP contribution is 2.36. The normalized spacial score (nSPS) is 18.4. The molecule has 1 aromatic carbocycles. The summed E-state index contributed by atoms with van der Waals surface area (Å²) in [5.41, 5.74) is 1.82. The van der Waals surface area contributed by atoms with E-state index in [1.807, 2.05) is 59.0 Å². The first-order valence-corrected chi connectivity index (χ1v) is 8.25. The topological polar surface area (TPSA) is 62.6 Å². The molecule has 0 saturated carbocycles. The van der Waals surface area contributed by atoms with Gasteiger partial charge < -0.3 is 14.0 Å². The summed E-state index contributed by atoms with van der Waals surface area (Å²) in [5.74, 6) is -0.429. The second kappa shape index (κ2) is 6.00. The van der Waals surface area contributed by atoms with E-state index in [1.165, 1.54) is 7.11 Å². The van der Waals surface area contributed by atoms with Crippen molar-refractivity contribution in [3.8, 4) is 5.69 Å². The molecule has 0 spiro atoms. The van der Waals surface area contributed by atoms with Gasteiger partial charge >= 0.3 is 13.1 Å². The van der Waals surface area contributed by atoms with Crippen molar-refractivity contribution >= 4 is 18.6 Å². The van der Waals surface area contributed by atoms with Crippen LogP contribution in [0, 0.1) is 6.92 Å². The van der Waals surface area contributed by atoms with Gasteiger partial charge in [-0.05, 0) is 58.3 Å². The smallest absolute Gasteiger partial charge is 0.465 e. The average molecular weight is 342 g/mol. The quantitative estimate of drug-likeness (QED) is 0.633. The molecule has 3 rings (SSSR count). The maximum absolute atomic E-state index is 12.3. The lowest BCUT2D eigenvalue weighted by atomic mass is 9.78. The summed E-state index contributed by atoms with van der Waals surface area (Å²) >= 11 is 0. The van der Waals surface area contributed by atoms with E-state index in [2.05, 4.69) is 5.10 Å². The van der Waals surface area contributed by atoms with Gasteiger partial charge in [0.15, 0.2) is 0 Å². The van der Waals surface area contributed by atoms with Crippen molar-refractivity contribution in [2.24, 2.45) is 0 Å². The minimum atomic E-state index is -0.540. The molecule has 0 radical (unpaired) electrons. The molecular formula is C18H23BN2O4. The van der Waals surface area contributed by atoms with E-state index in [0.29, 0.717) is 11.3 Å². The van der Waals surface area contributed by atoms with Crippen LogP contribution in [-0.4, -0.2) is 41.2 Å². The molecule has 0 amide bonds. The number of carbonyl (C=O) groups excluding carboxylic acids is 1. The monoisotopic (exact) mass is 342 g/mol. The second-order valence-electron chi connectivity index (χ2n) is 7.26. The molecule has 7 heteroatoms. The Labute approximate surface area is 148 Å². The highest BCUT2D eigenvalue weighted by Gasteiger charge is 2.51. The molecule has 0 atom stereocenters. The lowest BCUT2D eigenvalue weighted by Gasteiger charge is -2.32. The molecule has 2 heterocycles. The fourth-order valence-electron chi connectivity index (χ4n) is 2.70. The molecule has 25 heavy (non-hydrogen) atoms. The third-order valence-electron chi connectivity index (χ3n) is 4.92. The Kier molecular flexibility index (Phi) is 4.25. The molecule has 1 aromatic heterocycles. The largest absolute Gasteiger partial charge is 0.494 e. The predicted molar refractivity (Wildman–Crippen MR) is 95.4 cm³/mol. The molecule has 0 bridgehead atoms. The van der Waals surface area contributed by atoms with Gasteiger partial charge in [0.2, 0.25) is 0 Å². The first kappa shape index (κ1) is 17.7. The van der Waals surface area contributed by atoms with Gasteiger partial charge in [0.1, 0.15) is 0 Å². The van der Waals surface area contributed by atoms with E-state index in [1.54, 1.807) is 10.7 Å². The van der Waals surface area contributed by atoms with E-state index in [-0.39, 0.29) is 0 Å². The third kappa shape index (κ3) is 3.09. The Morgan fingerprint density at radius 1 is 1.16 bits per heavy atom. The van der Waals surface area contributed by atoms with Crippen LogP contribution in [0.15, 0.2) is 30.5 Å². The molecule has 6 nitrogen and oxygen atoms in total. The molecular weight excluding hydrogens is 319 g/mol. The lowest BCUT2D eigenvalue weighted by molar-refractivity contribution is 0.00578. The summed E-state index contributed by atoms with van der Waals surface area (Å²) in [5, 5.41) is 4.38. The molecule has 132 valence electrons. The molecule has 1 aliphatic heterocycles. The molecule has 1 saturated heterocycles. The summed E-state index contributed by atoms with van der Waals surface area (Å²) < 4.78 is 18.7. The number of rotatable bonds is 3. The van der Waals surface area contributed by atoms with Crippen LogP contribution in [0.25, 0.3) is 5.69 Å².